The predicted octanol–water partition coefficient (Wildman–Crippen LogP) is 3.03. The van der Waals surface area contributed by atoms with Crippen LogP contribution in [0.2, 0.25) is 0 Å². The summed E-state index contributed by atoms with van der Waals surface area (Å²) in [5.74, 6) is -3.14. The molecule has 3 amide bonds. The molecule has 0 unspecified atom stereocenters. The number of thioether (sulfide) groups is 1. The lowest BCUT2D eigenvalue weighted by Gasteiger charge is -2.12. The Balaban J connectivity index is 1.69. The van der Waals surface area contributed by atoms with Gasteiger partial charge in [-0.1, -0.05) is 6.07 Å². The van der Waals surface area contributed by atoms with E-state index in [-0.39, 0.29) is 10.6 Å². The van der Waals surface area contributed by atoms with Crippen LogP contribution in [0, 0.1) is 11.6 Å². The zero-order valence-corrected chi connectivity index (χ0v) is 13.9. The predicted molar refractivity (Wildman–Crippen MR) is 91.9 cm³/mol. The van der Waals surface area contributed by atoms with Crippen LogP contribution in [0.1, 0.15) is 5.56 Å². The molecule has 9 heteroatoms. The molecule has 1 fully saturated rings. The number of nitrogens with zero attached hydrogens (tertiary/aromatic N) is 2. The number of imide groups is 1. The molecule has 1 aromatic heterocycles. The van der Waals surface area contributed by atoms with Gasteiger partial charge in [-0.15, -0.1) is 0 Å². The van der Waals surface area contributed by atoms with Crippen molar-refractivity contribution in [3.05, 3.63) is 64.8 Å². The van der Waals surface area contributed by atoms with Crippen LogP contribution in [0.25, 0.3) is 6.08 Å². The number of hydrogen-bond acceptors (Lipinski definition) is 5. The van der Waals surface area contributed by atoms with E-state index < -0.39 is 35.2 Å². The summed E-state index contributed by atoms with van der Waals surface area (Å²) >= 11 is 0.697. The molecule has 0 aliphatic carbocycles. The molecule has 2 heterocycles. The van der Waals surface area contributed by atoms with Crippen molar-refractivity contribution in [2.24, 2.45) is 0 Å². The van der Waals surface area contributed by atoms with Crippen molar-refractivity contribution < 1.29 is 23.2 Å². The van der Waals surface area contributed by atoms with E-state index in [0.717, 1.165) is 17.0 Å². The Morgan fingerprint density at radius 2 is 2.08 bits per heavy atom. The molecule has 1 aliphatic heterocycles. The number of nitrogens with one attached hydrogen (secondary N) is 1. The quantitative estimate of drug-likeness (QED) is 0.831. The average Bonchev–Trinajstić information content (AvgIpc) is 2.86. The number of hydrogen-bond donors (Lipinski definition) is 1. The standard InChI is InChI=1S/C17H11F2N3O3S/c18-11-3-4-13(12(19)7-11)21-15(23)9-22-16(24)14(26-17(22)25)6-10-2-1-5-20-8-10/h1-8H,9H2,(H,21,23)/b14-6+. The Kier molecular flexibility index (Phi) is 5.08. The number of amides is 3. The average molecular weight is 375 g/mol. The number of carbonyl (C=O) groups is 3. The first-order chi connectivity index (χ1) is 12.4. The number of halogens is 2. The largest absolute Gasteiger partial charge is 0.322 e. The second-order valence-corrected chi connectivity index (χ2v) is 6.22. The van der Waals surface area contributed by atoms with Crippen molar-refractivity contribution in [1.82, 2.24) is 9.88 Å². The van der Waals surface area contributed by atoms with E-state index >= 15 is 0 Å². The molecule has 3 rings (SSSR count). The molecule has 0 radical (unpaired) electrons. The fraction of sp³-hybridized carbons (Fsp3) is 0.0588. The van der Waals surface area contributed by atoms with Gasteiger partial charge >= 0.3 is 0 Å². The van der Waals surface area contributed by atoms with Crippen molar-refractivity contribution in [3.63, 3.8) is 0 Å². The fourth-order valence-corrected chi connectivity index (χ4v) is 3.01. The summed E-state index contributed by atoms with van der Waals surface area (Å²) in [6.07, 6.45) is 4.59. The minimum atomic E-state index is -0.955. The Bertz CT molecular complexity index is 919. The van der Waals surface area contributed by atoms with Crippen LogP contribution in [0.3, 0.4) is 0 Å². The van der Waals surface area contributed by atoms with Crippen molar-refractivity contribution in [3.8, 4) is 0 Å². The highest BCUT2D eigenvalue weighted by Crippen LogP contribution is 2.32. The molecule has 0 spiro atoms. The lowest BCUT2D eigenvalue weighted by molar-refractivity contribution is -0.127. The van der Waals surface area contributed by atoms with Gasteiger partial charge in [0.05, 0.1) is 10.6 Å². The minimum Gasteiger partial charge on any atom is -0.322 e. The molecule has 0 atom stereocenters. The lowest BCUT2D eigenvalue weighted by atomic mass is 10.2. The van der Waals surface area contributed by atoms with Gasteiger partial charge in [-0.05, 0) is 41.6 Å². The summed E-state index contributed by atoms with van der Waals surface area (Å²) in [7, 11) is 0. The van der Waals surface area contributed by atoms with Crippen LogP contribution in [0.4, 0.5) is 19.3 Å². The van der Waals surface area contributed by atoms with Crippen molar-refractivity contribution in [2.75, 3.05) is 11.9 Å². The zero-order chi connectivity index (χ0) is 18.7. The molecule has 1 aliphatic rings. The van der Waals surface area contributed by atoms with E-state index in [4.69, 9.17) is 0 Å². The first kappa shape index (κ1) is 17.7. The van der Waals surface area contributed by atoms with Crippen molar-refractivity contribution in [2.45, 2.75) is 0 Å². The normalized spacial score (nSPS) is 15.6. The van der Waals surface area contributed by atoms with E-state index in [1.165, 1.54) is 12.3 Å². The van der Waals surface area contributed by atoms with Gasteiger partial charge in [0, 0.05) is 18.5 Å². The Hall–Kier alpha value is -3.07. The maximum Gasteiger partial charge on any atom is 0.294 e. The molecule has 1 aromatic carbocycles. The van der Waals surface area contributed by atoms with Crippen LogP contribution in [0.5, 0.6) is 0 Å². The third kappa shape index (κ3) is 3.94. The number of rotatable bonds is 4. The van der Waals surface area contributed by atoms with E-state index in [1.54, 1.807) is 18.3 Å². The van der Waals surface area contributed by atoms with Gasteiger partial charge in [-0.25, -0.2) is 8.78 Å². The van der Waals surface area contributed by atoms with E-state index in [9.17, 15) is 23.2 Å². The number of carbonyl (C=O) groups excluding carboxylic acids is 3. The maximum atomic E-state index is 13.6. The van der Waals surface area contributed by atoms with Gasteiger partial charge in [0.1, 0.15) is 18.2 Å². The van der Waals surface area contributed by atoms with Crippen LogP contribution in [-0.4, -0.2) is 33.5 Å². The number of benzene rings is 1. The summed E-state index contributed by atoms with van der Waals surface area (Å²) < 4.78 is 26.4. The molecule has 1 saturated heterocycles. The summed E-state index contributed by atoms with van der Waals surface area (Å²) in [6, 6.07) is 6.05. The molecular formula is C17H11F2N3O3S. The minimum absolute atomic E-state index is 0.156. The fourth-order valence-electron chi connectivity index (χ4n) is 2.17. The van der Waals surface area contributed by atoms with Gasteiger partial charge in [0.15, 0.2) is 0 Å². The monoisotopic (exact) mass is 375 g/mol. The van der Waals surface area contributed by atoms with Gasteiger partial charge in [-0.3, -0.25) is 24.3 Å². The molecule has 26 heavy (non-hydrogen) atoms. The van der Waals surface area contributed by atoms with Gasteiger partial charge in [0.2, 0.25) is 5.91 Å². The summed E-state index contributed by atoms with van der Waals surface area (Å²) in [5, 5.41) is 1.59. The Morgan fingerprint density at radius 1 is 1.27 bits per heavy atom. The van der Waals surface area contributed by atoms with Crippen molar-refractivity contribution >= 4 is 40.6 Å². The first-order valence-electron chi connectivity index (χ1n) is 7.34. The summed E-state index contributed by atoms with van der Waals surface area (Å²) in [6.45, 7) is -0.578. The number of aromatic nitrogens is 1. The zero-order valence-electron chi connectivity index (χ0n) is 13.1. The molecule has 132 valence electrons. The Labute approximate surface area is 150 Å². The van der Waals surface area contributed by atoms with Gasteiger partial charge in [-0.2, -0.15) is 0 Å². The van der Waals surface area contributed by atoms with Crippen LogP contribution in [0.15, 0.2) is 47.6 Å². The number of anilines is 1. The van der Waals surface area contributed by atoms with Crippen LogP contribution < -0.4 is 5.32 Å². The van der Waals surface area contributed by atoms with E-state index in [0.29, 0.717) is 23.4 Å². The third-order valence-electron chi connectivity index (χ3n) is 3.36. The topological polar surface area (TPSA) is 79.4 Å². The second kappa shape index (κ2) is 7.44. The second-order valence-electron chi connectivity index (χ2n) is 5.23. The molecule has 0 bridgehead atoms. The van der Waals surface area contributed by atoms with Gasteiger partial charge in [0.25, 0.3) is 11.1 Å². The van der Waals surface area contributed by atoms with Gasteiger partial charge < -0.3 is 5.32 Å². The Morgan fingerprint density at radius 3 is 2.77 bits per heavy atom. The lowest BCUT2D eigenvalue weighted by Crippen LogP contribution is -2.36. The van der Waals surface area contributed by atoms with Crippen molar-refractivity contribution in [1.29, 1.82) is 0 Å². The maximum absolute atomic E-state index is 13.6. The third-order valence-corrected chi connectivity index (χ3v) is 4.27. The van der Waals surface area contributed by atoms with Crippen LogP contribution in [-0.2, 0) is 9.59 Å². The molecule has 2 aromatic rings. The SMILES string of the molecule is O=C(CN1C(=O)S/C(=C/c2cccnc2)C1=O)Nc1ccc(F)cc1F. The van der Waals surface area contributed by atoms with E-state index in [1.807, 2.05) is 0 Å². The first-order valence-corrected chi connectivity index (χ1v) is 8.16. The molecule has 0 saturated carbocycles. The highest BCUT2D eigenvalue weighted by molar-refractivity contribution is 8.18. The van der Waals surface area contributed by atoms with Crippen LogP contribution >= 0.6 is 11.8 Å². The number of pyridine rings is 1. The summed E-state index contributed by atoms with van der Waals surface area (Å²) in [5.41, 5.74) is 0.394. The molecule has 1 N–H and O–H groups in total. The molecule has 6 nitrogen and oxygen atoms in total. The smallest absolute Gasteiger partial charge is 0.294 e. The molecular weight excluding hydrogens is 364 g/mol. The highest BCUT2D eigenvalue weighted by Gasteiger charge is 2.36. The van der Waals surface area contributed by atoms with E-state index in [2.05, 4.69) is 10.3 Å². The highest BCUT2D eigenvalue weighted by atomic mass is 32.2. The summed E-state index contributed by atoms with van der Waals surface area (Å²) in [4.78, 5) is 41.1.